The molecule has 2 aromatic rings. The molecule has 0 saturated carbocycles. The minimum Gasteiger partial charge on any atom is -0.504 e. The summed E-state index contributed by atoms with van der Waals surface area (Å²) in [5.74, 6) is 1.01. The van der Waals surface area contributed by atoms with Gasteiger partial charge in [-0.1, -0.05) is 41.9 Å². The molecule has 0 aromatic heterocycles. The second kappa shape index (κ2) is 10.7. The molecule has 1 amide bonds. The fourth-order valence-electron chi connectivity index (χ4n) is 2.44. The van der Waals surface area contributed by atoms with Gasteiger partial charge in [-0.25, -0.2) is 5.43 Å². The Morgan fingerprint density at radius 1 is 1.25 bits per heavy atom. The average molecular weight is 449 g/mol. The second-order valence-electron chi connectivity index (χ2n) is 6.23. The van der Waals surface area contributed by atoms with Crippen molar-refractivity contribution in [2.75, 3.05) is 13.2 Å². The van der Waals surface area contributed by atoms with E-state index >= 15 is 0 Å². The van der Waals surface area contributed by atoms with Crippen molar-refractivity contribution in [1.82, 2.24) is 5.43 Å². The van der Waals surface area contributed by atoms with Gasteiger partial charge in [0.05, 0.1) is 12.8 Å². The van der Waals surface area contributed by atoms with Crippen LogP contribution in [-0.4, -0.2) is 30.4 Å². The molecule has 1 unspecified atom stereocenters. The number of nitrogens with one attached hydrogen (secondary N) is 1. The minimum atomic E-state index is -0.401. The quantitative estimate of drug-likeness (QED) is 0.433. The van der Waals surface area contributed by atoms with Gasteiger partial charge in [0.2, 0.25) is 0 Å². The van der Waals surface area contributed by atoms with Crippen LogP contribution in [-0.2, 0) is 4.79 Å². The zero-order valence-corrected chi connectivity index (χ0v) is 17.8. The Morgan fingerprint density at radius 3 is 2.61 bits per heavy atom. The van der Waals surface area contributed by atoms with E-state index in [1.54, 1.807) is 12.1 Å². The molecule has 0 fully saturated rings. The number of halogens is 1. The molecule has 0 heterocycles. The highest BCUT2D eigenvalue weighted by Crippen LogP contribution is 2.32. The molecule has 7 heteroatoms. The summed E-state index contributed by atoms with van der Waals surface area (Å²) in [5, 5.41) is 14.0. The van der Waals surface area contributed by atoms with Crippen LogP contribution in [0.4, 0.5) is 0 Å². The first-order chi connectivity index (χ1) is 13.4. The summed E-state index contributed by atoms with van der Waals surface area (Å²) in [5.41, 5.74) is 4.03. The molecule has 2 aromatic carbocycles. The maximum atomic E-state index is 11.9. The maximum absolute atomic E-state index is 11.9. The smallest absolute Gasteiger partial charge is 0.277 e. The van der Waals surface area contributed by atoms with E-state index in [1.165, 1.54) is 11.8 Å². The molecular weight excluding hydrogens is 424 g/mol. The Balaban J connectivity index is 1.89. The van der Waals surface area contributed by atoms with Gasteiger partial charge in [0.1, 0.15) is 5.75 Å². The lowest BCUT2D eigenvalue weighted by atomic mass is 9.99. The van der Waals surface area contributed by atoms with Crippen LogP contribution in [0.15, 0.2) is 46.0 Å². The number of amides is 1. The van der Waals surface area contributed by atoms with Gasteiger partial charge in [-0.15, -0.1) is 0 Å². The number of hydrogen-bond donors (Lipinski definition) is 2. The van der Waals surface area contributed by atoms with Crippen molar-refractivity contribution in [3.63, 3.8) is 0 Å². The van der Waals surface area contributed by atoms with E-state index in [4.69, 9.17) is 9.47 Å². The van der Waals surface area contributed by atoms with Gasteiger partial charge in [0.15, 0.2) is 18.1 Å². The predicted octanol–water partition coefficient (Wildman–Crippen LogP) is 4.60. The van der Waals surface area contributed by atoms with E-state index in [0.29, 0.717) is 29.6 Å². The Morgan fingerprint density at radius 2 is 1.96 bits per heavy atom. The van der Waals surface area contributed by atoms with Crippen molar-refractivity contribution in [1.29, 1.82) is 0 Å². The van der Waals surface area contributed by atoms with Crippen molar-refractivity contribution < 1.29 is 19.4 Å². The summed E-state index contributed by atoms with van der Waals surface area (Å²) >= 11 is 3.35. The summed E-state index contributed by atoms with van der Waals surface area (Å²) in [4.78, 5) is 11.9. The molecule has 0 aliphatic heterocycles. The number of ether oxygens (including phenoxy) is 2. The zero-order chi connectivity index (χ0) is 20.5. The van der Waals surface area contributed by atoms with Crippen molar-refractivity contribution >= 4 is 28.1 Å². The molecule has 28 heavy (non-hydrogen) atoms. The predicted molar refractivity (Wildman–Crippen MR) is 113 cm³/mol. The molecule has 0 saturated heterocycles. The van der Waals surface area contributed by atoms with Crippen LogP contribution in [0.2, 0.25) is 0 Å². The third-order valence-electron chi connectivity index (χ3n) is 4.19. The lowest BCUT2D eigenvalue weighted by molar-refractivity contribution is -0.123. The largest absolute Gasteiger partial charge is 0.504 e. The van der Waals surface area contributed by atoms with Gasteiger partial charge in [-0.2, -0.15) is 5.10 Å². The van der Waals surface area contributed by atoms with Crippen LogP contribution < -0.4 is 14.9 Å². The first-order valence-electron chi connectivity index (χ1n) is 9.14. The molecule has 2 rings (SSSR count). The molecule has 6 nitrogen and oxygen atoms in total. The molecule has 0 spiro atoms. The Bertz CT molecular complexity index is 822. The number of rotatable bonds is 9. The standard InChI is InChI=1S/C21H25BrN2O4/c1-4-14(3)15-6-8-18(9-7-15)28-13-20(25)24-23-12-16-10-17(22)11-19(21(16)26)27-5-2/h6-12,14,26H,4-5,13H2,1-3H3,(H,24,25)/b23-12+. The number of hydrogen-bond acceptors (Lipinski definition) is 5. The van der Waals surface area contributed by atoms with Crippen molar-refractivity contribution in [2.24, 2.45) is 5.10 Å². The summed E-state index contributed by atoms with van der Waals surface area (Å²) in [6.45, 7) is 6.40. The fourth-order valence-corrected chi connectivity index (χ4v) is 2.90. The fraction of sp³-hybridized carbons (Fsp3) is 0.333. The number of carbonyl (C=O) groups excluding carboxylic acids is 1. The van der Waals surface area contributed by atoms with Gasteiger partial charge in [0, 0.05) is 10.0 Å². The topological polar surface area (TPSA) is 80.2 Å². The van der Waals surface area contributed by atoms with Crippen LogP contribution >= 0.6 is 15.9 Å². The van der Waals surface area contributed by atoms with Crippen LogP contribution in [0.25, 0.3) is 0 Å². The van der Waals surface area contributed by atoms with Crippen LogP contribution in [0.3, 0.4) is 0 Å². The van der Waals surface area contributed by atoms with E-state index < -0.39 is 5.91 Å². The third kappa shape index (κ3) is 6.27. The summed E-state index contributed by atoms with van der Waals surface area (Å²) in [7, 11) is 0. The number of hydrazone groups is 1. The minimum absolute atomic E-state index is 0.0410. The number of nitrogens with zero attached hydrogens (tertiary/aromatic N) is 1. The lowest BCUT2D eigenvalue weighted by Gasteiger charge is -2.10. The van der Waals surface area contributed by atoms with Crippen LogP contribution in [0, 0.1) is 0 Å². The Kier molecular flexibility index (Phi) is 8.32. The van der Waals surface area contributed by atoms with Crippen molar-refractivity contribution in [3.05, 3.63) is 52.0 Å². The number of phenolic OH excluding ortho intramolecular Hbond substituents is 1. The molecule has 0 aliphatic rings. The molecule has 0 bridgehead atoms. The zero-order valence-electron chi connectivity index (χ0n) is 16.2. The Hall–Kier alpha value is -2.54. The first-order valence-corrected chi connectivity index (χ1v) is 9.93. The molecular formula is C21H25BrN2O4. The molecule has 0 radical (unpaired) electrons. The highest BCUT2D eigenvalue weighted by molar-refractivity contribution is 9.10. The maximum Gasteiger partial charge on any atom is 0.277 e. The third-order valence-corrected chi connectivity index (χ3v) is 4.65. The van der Waals surface area contributed by atoms with E-state index in [0.717, 1.165) is 10.9 Å². The monoisotopic (exact) mass is 448 g/mol. The van der Waals surface area contributed by atoms with E-state index in [9.17, 15) is 9.90 Å². The normalized spacial score (nSPS) is 12.0. The highest BCUT2D eigenvalue weighted by atomic mass is 79.9. The lowest BCUT2D eigenvalue weighted by Crippen LogP contribution is -2.24. The second-order valence-corrected chi connectivity index (χ2v) is 7.15. The molecule has 2 N–H and O–H groups in total. The number of carbonyl (C=O) groups is 1. The number of benzene rings is 2. The highest BCUT2D eigenvalue weighted by Gasteiger charge is 2.09. The van der Waals surface area contributed by atoms with E-state index in [-0.39, 0.29) is 12.4 Å². The van der Waals surface area contributed by atoms with E-state index in [2.05, 4.69) is 40.3 Å². The van der Waals surface area contributed by atoms with E-state index in [1.807, 2.05) is 31.2 Å². The average Bonchev–Trinajstić information content (AvgIpc) is 2.69. The van der Waals surface area contributed by atoms with Gasteiger partial charge in [0.25, 0.3) is 5.91 Å². The molecule has 150 valence electrons. The summed E-state index contributed by atoms with van der Waals surface area (Å²) in [6.07, 6.45) is 2.42. The number of phenols is 1. The van der Waals surface area contributed by atoms with Gasteiger partial charge >= 0.3 is 0 Å². The Labute approximate surface area is 173 Å². The molecule has 0 aliphatic carbocycles. The van der Waals surface area contributed by atoms with Crippen LogP contribution in [0.1, 0.15) is 44.2 Å². The van der Waals surface area contributed by atoms with Crippen molar-refractivity contribution in [2.45, 2.75) is 33.1 Å². The SMILES string of the molecule is CCOc1cc(Br)cc(/C=N/NC(=O)COc2ccc(C(C)CC)cc2)c1O. The first kappa shape index (κ1) is 21.8. The summed E-state index contributed by atoms with van der Waals surface area (Å²) < 4.78 is 11.6. The summed E-state index contributed by atoms with van der Waals surface area (Å²) in [6, 6.07) is 11.1. The van der Waals surface area contributed by atoms with Gasteiger partial charge in [-0.05, 0) is 49.1 Å². The van der Waals surface area contributed by atoms with Gasteiger partial charge < -0.3 is 14.6 Å². The molecule has 1 atom stereocenters. The van der Waals surface area contributed by atoms with Crippen LogP contribution in [0.5, 0.6) is 17.2 Å². The van der Waals surface area contributed by atoms with Gasteiger partial charge in [-0.3, -0.25) is 4.79 Å². The number of aromatic hydroxyl groups is 1. The van der Waals surface area contributed by atoms with Crippen molar-refractivity contribution in [3.8, 4) is 17.2 Å².